The van der Waals surface area contributed by atoms with Crippen molar-refractivity contribution in [2.24, 2.45) is 0 Å². The van der Waals surface area contributed by atoms with Crippen LogP contribution < -0.4 is 10.6 Å². The Morgan fingerprint density at radius 2 is 1.96 bits per heavy atom. The number of carbonyl (C=O) groups excluding carboxylic acids is 3. The molecule has 0 radical (unpaired) electrons. The van der Waals surface area contributed by atoms with Crippen LogP contribution in [0.4, 0.5) is 0 Å². The number of rotatable bonds is 6. The number of carbonyl (C=O) groups is 3. The van der Waals surface area contributed by atoms with Gasteiger partial charge in [-0.3, -0.25) is 14.4 Å². The van der Waals surface area contributed by atoms with Crippen LogP contribution in [0.3, 0.4) is 0 Å². The van der Waals surface area contributed by atoms with E-state index in [1.54, 1.807) is 11.8 Å². The first-order valence-electron chi connectivity index (χ1n) is 8.38. The third-order valence-electron chi connectivity index (χ3n) is 4.18. The molecule has 1 fully saturated rings. The molecule has 1 aromatic carbocycles. The first-order chi connectivity index (χ1) is 11.5. The van der Waals surface area contributed by atoms with Crippen molar-refractivity contribution in [3.05, 3.63) is 35.9 Å². The van der Waals surface area contributed by atoms with Crippen molar-refractivity contribution in [3.63, 3.8) is 0 Å². The molecule has 1 saturated heterocycles. The normalized spacial score (nSPS) is 18.1. The lowest BCUT2D eigenvalue weighted by Crippen LogP contribution is -2.52. The molecule has 1 aliphatic heterocycles. The van der Waals surface area contributed by atoms with E-state index in [-0.39, 0.29) is 17.7 Å². The summed E-state index contributed by atoms with van der Waals surface area (Å²) in [6.07, 6.45) is 2.22. The van der Waals surface area contributed by atoms with Crippen molar-refractivity contribution in [3.8, 4) is 0 Å². The maximum Gasteiger partial charge on any atom is 0.245 e. The van der Waals surface area contributed by atoms with Crippen LogP contribution in [-0.2, 0) is 20.8 Å². The number of nitrogens with one attached hydrogen (secondary N) is 2. The summed E-state index contributed by atoms with van der Waals surface area (Å²) in [5.41, 5.74) is 1.16. The Labute approximate surface area is 142 Å². The number of hydrogen-bond acceptors (Lipinski definition) is 3. The zero-order chi connectivity index (χ0) is 17.5. The lowest BCUT2D eigenvalue weighted by atomic mass is 10.1. The topological polar surface area (TPSA) is 78.5 Å². The number of likely N-dealkylation sites (tertiary alicyclic amines) is 1. The Morgan fingerprint density at radius 3 is 2.62 bits per heavy atom. The summed E-state index contributed by atoms with van der Waals surface area (Å²) in [5, 5.41) is 5.50. The molecule has 0 spiro atoms. The third kappa shape index (κ3) is 4.81. The fourth-order valence-corrected chi connectivity index (χ4v) is 3.01. The van der Waals surface area contributed by atoms with Crippen LogP contribution in [0, 0.1) is 0 Å². The fraction of sp³-hybridized carbons (Fsp3) is 0.500. The van der Waals surface area contributed by atoms with E-state index in [1.165, 1.54) is 6.92 Å². The molecule has 1 unspecified atom stereocenters. The summed E-state index contributed by atoms with van der Waals surface area (Å²) >= 11 is 0. The van der Waals surface area contributed by atoms with Crippen LogP contribution >= 0.6 is 0 Å². The molecule has 1 heterocycles. The van der Waals surface area contributed by atoms with Crippen LogP contribution in [-0.4, -0.2) is 47.8 Å². The summed E-state index contributed by atoms with van der Waals surface area (Å²) in [4.78, 5) is 37.5. The predicted octanol–water partition coefficient (Wildman–Crippen LogP) is 0.861. The molecule has 24 heavy (non-hydrogen) atoms. The molecule has 3 amide bonds. The van der Waals surface area contributed by atoms with Crippen LogP contribution in [0.5, 0.6) is 0 Å². The van der Waals surface area contributed by atoms with Gasteiger partial charge in [0.25, 0.3) is 0 Å². The highest BCUT2D eigenvalue weighted by atomic mass is 16.2. The average Bonchev–Trinajstić information content (AvgIpc) is 3.04. The SMILES string of the molecule is CC(=O)N[C@@H](C)C(=O)N1CCCC1C(=O)NCCc1ccccc1. The number of benzene rings is 1. The van der Waals surface area contributed by atoms with Crippen molar-refractivity contribution in [2.45, 2.75) is 45.2 Å². The van der Waals surface area contributed by atoms with Gasteiger partial charge in [-0.2, -0.15) is 0 Å². The smallest absolute Gasteiger partial charge is 0.245 e. The van der Waals surface area contributed by atoms with Crippen molar-refractivity contribution in [1.29, 1.82) is 0 Å². The van der Waals surface area contributed by atoms with Gasteiger partial charge >= 0.3 is 0 Å². The molecule has 2 N–H and O–H groups in total. The maximum atomic E-state index is 12.4. The summed E-state index contributed by atoms with van der Waals surface area (Å²) in [6, 6.07) is 8.89. The molecule has 6 nitrogen and oxygen atoms in total. The van der Waals surface area contributed by atoms with Crippen LogP contribution in [0.15, 0.2) is 30.3 Å². The van der Waals surface area contributed by atoms with Gasteiger partial charge in [0, 0.05) is 20.0 Å². The van der Waals surface area contributed by atoms with E-state index >= 15 is 0 Å². The second kappa shape index (κ2) is 8.47. The standard InChI is InChI=1S/C18H25N3O3/c1-13(20-14(2)22)18(24)21-12-6-9-16(21)17(23)19-11-10-15-7-4-3-5-8-15/h3-5,7-8,13,16H,6,9-12H2,1-2H3,(H,19,23)(H,20,22)/t13-,16?/m0/s1. The minimum atomic E-state index is -0.611. The maximum absolute atomic E-state index is 12.4. The van der Waals surface area contributed by atoms with Gasteiger partial charge in [0.15, 0.2) is 0 Å². The van der Waals surface area contributed by atoms with Crippen LogP contribution in [0.1, 0.15) is 32.3 Å². The van der Waals surface area contributed by atoms with E-state index in [0.29, 0.717) is 19.5 Å². The van der Waals surface area contributed by atoms with E-state index in [1.807, 2.05) is 30.3 Å². The van der Waals surface area contributed by atoms with E-state index in [2.05, 4.69) is 10.6 Å². The van der Waals surface area contributed by atoms with Gasteiger partial charge in [0.1, 0.15) is 12.1 Å². The van der Waals surface area contributed by atoms with E-state index in [9.17, 15) is 14.4 Å². The molecule has 2 rings (SSSR count). The summed E-state index contributed by atoms with van der Waals surface area (Å²) < 4.78 is 0. The molecule has 0 aromatic heterocycles. The van der Waals surface area contributed by atoms with Gasteiger partial charge in [0.2, 0.25) is 17.7 Å². The number of amides is 3. The Kier molecular flexibility index (Phi) is 6.35. The lowest BCUT2D eigenvalue weighted by Gasteiger charge is -2.27. The van der Waals surface area contributed by atoms with Gasteiger partial charge < -0.3 is 15.5 Å². The Balaban J connectivity index is 1.86. The zero-order valence-corrected chi connectivity index (χ0v) is 14.2. The Hall–Kier alpha value is -2.37. The molecular formula is C18H25N3O3. The minimum Gasteiger partial charge on any atom is -0.354 e. The van der Waals surface area contributed by atoms with Gasteiger partial charge in [0.05, 0.1) is 0 Å². The van der Waals surface area contributed by atoms with E-state index < -0.39 is 12.1 Å². The van der Waals surface area contributed by atoms with E-state index in [4.69, 9.17) is 0 Å². The first-order valence-corrected chi connectivity index (χ1v) is 8.38. The first kappa shape index (κ1) is 18.0. The third-order valence-corrected chi connectivity index (χ3v) is 4.18. The quantitative estimate of drug-likeness (QED) is 0.811. The number of hydrogen-bond donors (Lipinski definition) is 2. The summed E-state index contributed by atoms with van der Waals surface area (Å²) in [7, 11) is 0. The highest BCUT2D eigenvalue weighted by molar-refractivity contribution is 5.92. The largest absolute Gasteiger partial charge is 0.354 e. The fourth-order valence-electron chi connectivity index (χ4n) is 3.01. The molecule has 1 aliphatic rings. The zero-order valence-electron chi connectivity index (χ0n) is 14.2. The molecule has 0 saturated carbocycles. The predicted molar refractivity (Wildman–Crippen MR) is 91.2 cm³/mol. The van der Waals surface area contributed by atoms with Crippen molar-refractivity contribution in [2.75, 3.05) is 13.1 Å². The molecule has 1 aromatic rings. The second-order valence-corrected chi connectivity index (χ2v) is 6.14. The second-order valence-electron chi connectivity index (χ2n) is 6.14. The van der Waals surface area contributed by atoms with Crippen molar-refractivity contribution < 1.29 is 14.4 Å². The van der Waals surface area contributed by atoms with Gasteiger partial charge in [-0.05, 0) is 31.7 Å². The molecule has 0 bridgehead atoms. The van der Waals surface area contributed by atoms with E-state index in [0.717, 1.165) is 18.4 Å². The van der Waals surface area contributed by atoms with Crippen molar-refractivity contribution in [1.82, 2.24) is 15.5 Å². The molecule has 2 atom stereocenters. The highest BCUT2D eigenvalue weighted by Gasteiger charge is 2.35. The summed E-state index contributed by atoms with van der Waals surface area (Å²) in [5.74, 6) is -0.573. The van der Waals surface area contributed by atoms with Gasteiger partial charge in [-0.1, -0.05) is 30.3 Å². The average molecular weight is 331 g/mol. The number of nitrogens with zero attached hydrogens (tertiary/aromatic N) is 1. The molecule has 130 valence electrons. The molecular weight excluding hydrogens is 306 g/mol. The Bertz CT molecular complexity index is 588. The summed E-state index contributed by atoms with van der Waals surface area (Å²) in [6.45, 7) is 4.12. The van der Waals surface area contributed by atoms with Crippen LogP contribution in [0.25, 0.3) is 0 Å². The van der Waals surface area contributed by atoms with Gasteiger partial charge in [-0.15, -0.1) is 0 Å². The monoisotopic (exact) mass is 331 g/mol. The lowest BCUT2D eigenvalue weighted by molar-refractivity contribution is -0.140. The highest BCUT2D eigenvalue weighted by Crippen LogP contribution is 2.18. The van der Waals surface area contributed by atoms with Gasteiger partial charge in [-0.25, -0.2) is 0 Å². The van der Waals surface area contributed by atoms with Crippen LogP contribution in [0.2, 0.25) is 0 Å². The van der Waals surface area contributed by atoms with Crippen molar-refractivity contribution >= 4 is 17.7 Å². The molecule has 0 aliphatic carbocycles. The Morgan fingerprint density at radius 1 is 1.25 bits per heavy atom. The minimum absolute atomic E-state index is 0.119. The molecule has 6 heteroatoms.